The molecule has 1 fully saturated rings. The van der Waals surface area contributed by atoms with E-state index in [4.69, 9.17) is 13.6 Å². The van der Waals surface area contributed by atoms with Gasteiger partial charge in [-0.05, 0) is 32.1 Å². The van der Waals surface area contributed by atoms with Gasteiger partial charge in [0.1, 0.15) is 6.61 Å². The van der Waals surface area contributed by atoms with Gasteiger partial charge in [0.05, 0.1) is 6.61 Å². The fourth-order valence-corrected chi connectivity index (χ4v) is 3.60. The summed E-state index contributed by atoms with van der Waals surface area (Å²) in [4.78, 5) is 10.6. The number of carbonyl (C=O) groups excluding carboxylic acids is 1. The second-order valence-electron chi connectivity index (χ2n) is 4.84. The van der Waals surface area contributed by atoms with Crippen molar-refractivity contribution in [1.82, 2.24) is 0 Å². The van der Waals surface area contributed by atoms with Gasteiger partial charge in [-0.3, -0.25) is 0 Å². The average Bonchev–Trinajstić information content (AvgIpc) is 2.61. The van der Waals surface area contributed by atoms with E-state index in [0.717, 1.165) is 12.5 Å². The minimum atomic E-state index is -1.36. The quantitative estimate of drug-likeness (QED) is 0.384. The topological polar surface area (TPSA) is 54.0 Å². The molecule has 0 saturated carbocycles. The molecule has 0 aromatic heterocycles. The van der Waals surface area contributed by atoms with Gasteiger partial charge in [-0.1, -0.05) is 0 Å². The first-order valence-electron chi connectivity index (χ1n) is 5.79. The number of rotatable bonds is 8. The van der Waals surface area contributed by atoms with E-state index in [1.165, 1.54) is 0 Å². The molecule has 1 aliphatic rings. The third-order valence-corrected chi connectivity index (χ3v) is 5.48. The Kier molecular flexibility index (Phi) is 6.17. The number of hydrogen-bond acceptors (Lipinski definition) is 5. The van der Waals surface area contributed by atoms with Crippen molar-refractivity contribution >= 4 is 24.2 Å². The second kappa shape index (κ2) is 7.15. The monoisotopic (exact) mass is 276 g/mol. The minimum Gasteiger partial charge on any atom is -0.456 e. The van der Waals surface area contributed by atoms with Gasteiger partial charge in [-0.15, -0.1) is 0 Å². The first-order valence-corrected chi connectivity index (χ1v) is 10.3. The highest BCUT2D eigenvalue weighted by Crippen LogP contribution is 2.07. The molecule has 2 radical (unpaired) electrons. The van der Waals surface area contributed by atoms with Gasteiger partial charge in [0.25, 0.3) is 0 Å². The maximum absolute atomic E-state index is 10.6. The molecule has 0 aromatic rings. The molecular formula is C10H20O5Si2. The van der Waals surface area contributed by atoms with Crippen LogP contribution in [0.5, 0.6) is 0 Å². The molecule has 0 aromatic carbocycles. The van der Waals surface area contributed by atoms with E-state index < -0.39 is 14.5 Å². The first-order chi connectivity index (χ1) is 7.97. The molecule has 1 aliphatic heterocycles. The molecule has 0 N–H and O–H groups in total. The smallest absolute Gasteiger partial charge is 0.456 e. The van der Waals surface area contributed by atoms with E-state index in [-0.39, 0.29) is 6.10 Å². The fraction of sp³-hybridized carbons (Fsp3) is 0.900. The Labute approximate surface area is 106 Å². The molecule has 5 nitrogen and oxygen atoms in total. The Morgan fingerprint density at radius 2 is 2.24 bits per heavy atom. The van der Waals surface area contributed by atoms with Gasteiger partial charge >= 0.3 is 6.16 Å². The lowest BCUT2D eigenvalue weighted by molar-refractivity contribution is 0.0461. The van der Waals surface area contributed by atoms with Crippen molar-refractivity contribution in [3.63, 3.8) is 0 Å². The minimum absolute atomic E-state index is 0.233. The van der Waals surface area contributed by atoms with Crippen LogP contribution in [-0.2, 0) is 18.3 Å². The molecule has 1 saturated heterocycles. The molecule has 17 heavy (non-hydrogen) atoms. The van der Waals surface area contributed by atoms with Crippen molar-refractivity contribution in [2.45, 2.75) is 38.2 Å². The maximum Gasteiger partial charge on any atom is 0.508 e. The van der Waals surface area contributed by atoms with E-state index in [9.17, 15) is 4.79 Å². The van der Waals surface area contributed by atoms with E-state index in [0.29, 0.717) is 29.6 Å². The van der Waals surface area contributed by atoms with E-state index in [2.05, 4.69) is 24.4 Å². The molecule has 1 rings (SSSR count). The van der Waals surface area contributed by atoms with Gasteiger partial charge in [0, 0.05) is 6.61 Å². The normalized spacial score (nSPS) is 20.2. The van der Waals surface area contributed by atoms with Crippen molar-refractivity contribution in [2.75, 3.05) is 19.8 Å². The summed E-state index contributed by atoms with van der Waals surface area (Å²) < 4.78 is 20.6. The molecule has 7 heteroatoms. The van der Waals surface area contributed by atoms with Crippen LogP contribution in [0.2, 0.25) is 25.7 Å². The Bertz CT molecular complexity index is 241. The molecule has 1 heterocycles. The first kappa shape index (κ1) is 14.7. The van der Waals surface area contributed by atoms with Crippen LogP contribution in [0.4, 0.5) is 4.79 Å². The average molecular weight is 276 g/mol. The van der Waals surface area contributed by atoms with E-state index >= 15 is 0 Å². The molecular weight excluding hydrogens is 256 g/mol. The summed E-state index contributed by atoms with van der Waals surface area (Å²) in [5, 5.41) is 0. The number of cyclic esters (lactones) is 2. The summed E-state index contributed by atoms with van der Waals surface area (Å²) in [6.07, 6.45) is 0.150. The van der Waals surface area contributed by atoms with Gasteiger partial charge in [-0.2, -0.15) is 0 Å². The van der Waals surface area contributed by atoms with Gasteiger partial charge < -0.3 is 18.3 Å². The summed E-state index contributed by atoms with van der Waals surface area (Å²) in [5.74, 6) is 0. The summed E-state index contributed by atoms with van der Waals surface area (Å²) in [6, 6.07) is 1.03. The van der Waals surface area contributed by atoms with Crippen molar-refractivity contribution in [2.24, 2.45) is 0 Å². The maximum atomic E-state index is 10.6. The van der Waals surface area contributed by atoms with Gasteiger partial charge in [-0.25, -0.2) is 4.79 Å². The van der Waals surface area contributed by atoms with Gasteiger partial charge in [0.2, 0.25) is 9.76 Å². The van der Waals surface area contributed by atoms with E-state index in [1.807, 2.05) is 0 Å². The zero-order chi connectivity index (χ0) is 12.7. The van der Waals surface area contributed by atoms with Crippen molar-refractivity contribution < 1.29 is 23.1 Å². The molecule has 1 atom stereocenters. The highest BCUT2D eigenvalue weighted by atomic mass is 28.4. The zero-order valence-corrected chi connectivity index (χ0v) is 12.7. The number of ether oxygens (including phenoxy) is 3. The van der Waals surface area contributed by atoms with Crippen LogP contribution in [0.1, 0.15) is 6.42 Å². The SMILES string of the molecule is C[Si](C)(C)O[Si]CCCOCC1COC(=O)O1. The third kappa shape index (κ3) is 7.53. The molecule has 0 spiro atoms. The number of hydrogen-bond donors (Lipinski definition) is 0. The highest BCUT2D eigenvalue weighted by molar-refractivity contribution is 6.73. The van der Waals surface area contributed by atoms with Crippen LogP contribution in [0.15, 0.2) is 0 Å². The van der Waals surface area contributed by atoms with E-state index in [1.54, 1.807) is 0 Å². The summed E-state index contributed by atoms with van der Waals surface area (Å²) in [7, 11) is -0.787. The van der Waals surface area contributed by atoms with Crippen LogP contribution in [0, 0.1) is 0 Å². The Morgan fingerprint density at radius 3 is 2.82 bits per heavy atom. The summed E-state index contributed by atoms with van der Waals surface area (Å²) >= 11 is 0. The highest BCUT2D eigenvalue weighted by Gasteiger charge is 2.24. The lowest BCUT2D eigenvalue weighted by Crippen LogP contribution is -2.27. The molecule has 98 valence electrons. The molecule has 1 unspecified atom stereocenters. The van der Waals surface area contributed by atoms with Crippen molar-refractivity contribution in [3.8, 4) is 0 Å². The van der Waals surface area contributed by atoms with Crippen LogP contribution < -0.4 is 0 Å². The predicted octanol–water partition coefficient (Wildman–Crippen LogP) is 1.82. The zero-order valence-electron chi connectivity index (χ0n) is 10.7. The van der Waals surface area contributed by atoms with Gasteiger partial charge in [0.15, 0.2) is 14.4 Å². The predicted molar refractivity (Wildman–Crippen MR) is 66.6 cm³/mol. The largest absolute Gasteiger partial charge is 0.508 e. The van der Waals surface area contributed by atoms with Crippen molar-refractivity contribution in [3.05, 3.63) is 0 Å². The fourth-order valence-electron chi connectivity index (χ4n) is 1.18. The lowest BCUT2D eigenvalue weighted by Gasteiger charge is -2.16. The Balaban J connectivity index is 1.86. The van der Waals surface area contributed by atoms with Crippen LogP contribution in [-0.4, -0.2) is 50.2 Å². The Morgan fingerprint density at radius 1 is 1.47 bits per heavy atom. The standard InChI is InChI=1S/C10H20O5Si2/c1-17(2,3)15-16-6-4-5-12-7-9-8-13-10(11)14-9/h9H,4-8H2,1-3H3. The Hall–Kier alpha value is -0.376. The number of carbonyl (C=O) groups is 1. The molecule has 0 amide bonds. The summed E-state index contributed by atoms with van der Waals surface area (Å²) in [5.41, 5.74) is 0. The lowest BCUT2D eigenvalue weighted by atomic mass is 10.4. The van der Waals surface area contributed by atoms with Crippen LogP contribution >= 0.6 is 0 Å². The molecule has 0 aliphatic carbocycles. The molecule has 0 bridgehead atoms. The summed E-state index contributed by atoms with van der Waals surface area (Å²) in [6.45, 7) is 7.96. The third-order valence-electron chi connectivity index (χ3n) is 1.90. The second-order valence-corrected chi connectivity index (χ2v) is 10.7. The van der Waals surface area contributed by atoms with Crippen molar-refractivity contribution in [1.29, 1.82) is 0 Å². The van der Waals surface area contributed by atoms with Crippen LogP contribution in [0.3, 0.4) is 0 Å². The van der Waals surface area contributed by atoms with Crippen LogP contribution in [0.25, 0.3) is 0 Å².